The number of halogens is 2. The SMILES string of the molecule is Cn1cc(S(=O)(=O)Nc2ccc(F)c(F)c2)cc1C(=O)O. The minimum atomic E-state index is -4.10. The Labute approximate surface area is 118 Å². The van der Waals surface area contributed by atoms with Gasteiger partial charge in [0.1, 0.15) is 10.6 Å². The summed E-state index contributed by atoms with van der Waals surface area (Å²) < 4.78 is 53.1. The van der Waals surface area contributed by atoms with E-state index in [0.717, 1.165) is 29.0 Å². The predicted octanol–water partition coefficient (Wildman–Crippen LogP) is 1.80. The van der Waals surface area contributed by atoms with E-state index in [-0.39, 0.29) is 16.3 Å². The van der Waals surface area contributed by atoms with Gasteiger partial charge in [0.25, 0.3) is 10.0 Å². The number of anilines is 1. The number of hydrogen-bond donors (Lipinski definition) is 2. The van der Waals surface area contributed by atoms with Crippen LogP contribution in [0.15, 0.2) is 35.4 Å². The molecule has 21 heavy (non-hydrogen) atoms. The van der Waals surface area contributed by atoms with Crippen LogP contribution in [0.3, 0.4) is 0 Å². The van der Waals surface area contributed by atoms with Gasteiger partial charge in [-0.05, 0) is 18.2 Å². The molecule has 6 nitrogen and oxygen atoms in total. The molecular formula is C12H10F2N2O4S. The number of nitrogens with zero attached hydrogens (tertiary/aromatic N) is 1. The van der Waals surface area contributed by atoms with Gasteiger partial charge in [0.05, 0.1) is 5.69 Å². The molecule has 0 saturated heterocycles. The highest BCUT2D eigenvalue weighted by Gasteiger charge is 2.20. The largest absolute Gasteiger partial charge is 0.477 e. The third-order valence-electron chi connectivity index (χ3n) is 2.68. The average molecular weight is 316 g/mol. The van der Waals surface area contributed by atoms with Crippen LogP contribution in [-0.2, 0) is 17.1 Å². The topological polar surface area (TPSA) is 88.4 Å². The van der Waals surface area contributed by atoms with Crippen LogP contribution in [0.4, 0.5) is 14.5 Å². The molecule has 0 radical (unpaired) electrons. The van der Waals surface area contributed by atoms with E-state index >= 15 is 0 Å². The molecule has 0 aliphatic rings. The van der Waals surface area contributed by atoms with Crippen LogP contribution >= 0.6 is 0 Å². The molecule has 2 rings (SSSR count). The Hall–Kier alpha value is -2.42. The Balaban J connectivity index is 2.36. The average Bonchev–Trinajstić information content (AvgIpc) is 2.77. The van der Waals surface area contributed by atoms with E-state index in [9.17, 15) is 22.0 Å². The molecule has 1 aromatic heterocycles. The molecule has 1 heterocycles. The zero-order chi connectivity index (χ0) is 15.8. The molecule has 2 aromatic rings. The van der Waals surface area contributed by atoms with E-state index in [1.54, 1.807) is 0 Å². The van der Waals surface area contributed by atoms with E-state index in [2.05, 4.69) is 0 Å². The Morgan fingerprint density at radius 2 is 1.90 bits per heavy atom. The monoisotopic (exact) mass is 316 g/mol. The summed E-state index contributed by atoms with van der Waals surface area (Å²) >= 11 is 0. The highest BCUT2D eigenvalue weighted by atomic mass is 32.2. The molecule has 1 aromatic carbocycles. The van der Waals surface area contributed by atoms with Crippen LogP contribution in [0.2, 0.25) is 0 Å². The molecule has 0 saturated carbocycles. The van der Waals surface area contributed by atoms with Crippen LogP contribution in [0.1, 0.15) is 10.5 Å². The van der Waals surface area contributed by atoms with Crippen molar-refractivity contribution in [1.82, 2.24) is 4.57 Å². The van der Waals surface area contributed by atoms with Crippen molar-refractivity contribution in [3.8, 4) is 0 Å². The Morgan fingerprint density at radius 1 is 1.24 bits per heavy atom. The number of carbonyl (C=O) groups is 1. The number of rotatable bonds is 4. The zero-order valence-electron chi connectivity index (χ0n) is 10.7. The lowest BCUT2D eigenvalue weighted by molar-refractivity contribution is 0.0686. The van der Waals surface area contributed by atoms with Crippen LogP contribution in [0.5, 0.6) is 0 Å². The van der Waals surface area contributed by atoms with E-state index in [1.807, 2.05) is 4.72 Å². The molecule has 0 aliphatic heterocycles. The number of benzene rings is 1. The zero-order valence-corrected chi connectivity index (χ0v) is 11.5. The van der Waals surface area contributed by atoms with Crippen molar-refractivity contribution >= 4 is 21.7 Å². The first-order valence-electron chi connectivity index (χ1n) is 5.58. The van der Waals surface area contributed by atoms with Gasteiger partial charge < -0.3 is 9.67 Å². The summed E-state index contributed by atoms with van der Waals surface area (Å²) in [5.41, 5.74) is -0.393. The van der Waals surface area contributed by atoms with Crippen molar-refractivity contribution in [3.05, 3.63) is 47.8 Å². The second-order valence-electron chi connectivity index (χ2n) is 4.21. The van der Waals surface area contributed by atoms with Crippen molar-refractivity contribution < 1.29 is 27.1 Å². The molecule has 0 aliphatic carbocycles. The van der Waals surface area contributed by atoms with Crippen LogP contribution < -0.4 is 4.72 Å². The Morgan fingerprint density at radius 3 is 2.43 bits per heavy atom. The van der Waals surface area contributed by atoms with Gasteiger partial charge in [0.2, 0.25) is 0 Å². The second kappa shape index (κ2) is 5.17. The molecule has 0 unspecified atom stereocenters. The number of aryl methyl sites for hydroxylation is 1. The smallest absolute Gasteiger partial charge is 0.352 e. The van der Waals surface area contributed by atoms with Gasteiger partial charge in [-0.1, -0.05) is 0 Å². The quantitative estimate of drug-likeness (QED) is 0.900. The first kappa shape index (κ1) is 15.0. The van der Waals surface area contributed by atoms with Gasteiger partial charge >= 0.3 is 5.97 Å². The lowest BCUT2D eigenvalue weighted by Gasteiger charge is -2.06. The highest BCUT2D eigenvalue weighted by Crippen LogP contribution is 2.20. The number of aromatic carboxylic acids is 1. The fourth-order valence-electron chi connectivity index (χ4n) is 1.67. The maximum Gasteiger partial charge on any atom is 0.352 e. The maximum atomic E-state index is 13.0. The lowest BCUT2D eigenvalue weighted by atomic mass is 10.3. The predicted molar refractivity (Wildman–Crippen MR) is 69.5 cm³/mol. The van der Waals surface area contributed by atoms with Crippen LogP contribution in [0.25, 0.3) is 0 Å². The van der Waals surface area contributed by atoms with Crippen molar-refractivity contribution in [1.29, 1.82) is 0 Å². The number of carboxylic acid groups (broad SMARTS) is 1. The van der Waals surface area contributed by atoms with Crippen molar-refractivity contribution in [2.24, 2.45) is 7.05 Å². The van der Waals surface area contributed by atoms with Gasteiger partial charge in [-0.15, -0.1) is 0 Å². The Bertz CT molecular complexity index is 815. The normalized spacial score (nSPS) is 11.4. The molecule has 0 atom stereocenters. The summed E-state index contributed by atoms with van der Waals surface area (Å²) in [4.78, 5) is 10.6. The van der Waals surface area contributed by atoms with E-state index in [0.29, 0.717) is 6.07 Å². The number of aromatic nitrogens is 1. The second-order valence-corrected chi connectivity index (χ2v) is 5.89. The summed E-state index contributed by atoms with van der Waals surface area (Å²) in [7, 11) is -2.73. The minimum Gasteiger partial charge on any atom is -0.477 e. The molecule has 0 bridgehead atoms. The van der Waals surface area contributed by atoms with Gasteiger partial charge in [0, 0.05) is 19.3 Å². The van der Waals surface area contributed by atoms with Crippen molar-refractivity contribution in [3.63, 3.8) is 0 Å². The van der Waals surface area contributed by atoms with Crippen molar-refractivity contribution in [2.45, 2.75) is 4.90 Å². The fraction of sp³-hybridized carbons (Fsp3) is 0.0833. The maximum absolute atomic E-state index is 13.0. The van der Waals surface area contributed by atoms with E-state index in [4.69, 9.17) is 5.11 Å². The molecule has 0 spiro atoms. The van der Waals surface area contributed by atoms with Crippen LogP contribution in [0, 0.1) is 11.6 Å². The van der Waals surface area contributed by atoms with Gasteiger partial charge in [-0.2, -0.15) is 0 Å². The molecule has 2 N–H and O–H groups in total. The van der Waals surface area contributed by atoms with Gasteiger partial charge in [-0.25, -0.2) is 22.0 Å². The molecule has 0 amide bonds. The third-order valence-corrected chi connectivity index (χ3v) is 4.03. The summed E-state index contributed by atoms with van der Waals surface area (Å²) in [6, 6.07) is 3.48. The summed E-state index contributed by atoms with van der Waals surface area (Å²) in [6.07, 6.45) is 1.10. The first-order valence-corrected chi connectivity index (χ1v) is 7.06. The molecular weight excluding hydrogens is 306 g/mol. The van der Waals surface area contributed by atoms with Gasteiger partial charge in [-0.3, -0.25) is 4.72 Å². The molecule has 0 fully saturated rings. The molecule has 112 valence electrons. The highest BCUT2D eigenvalue weighted by molar-refractivity contribution is 7.92. The third kappa shape index (κ3) is 3.02. The van der Waals surface area contributed by atoms with E-state index in [1.165, 1.54) is 7.05 Å². The number of nitrogens with one attached hydrogen (secondary N) is 1. The first-order chi connectivity index (χ1) is 9.70. The summed E-state index contributed by atoms with van der Waals surface area (Å²) in [6.45, 7) is 0. The Kier molecular flexibility index (Phi) is 3.69. The number of carboxylic acids is 1. The van der Waals surface area contributed by atoms with Gasteiger partial charge in [0.15, 0.2) is 11.6 Å². The minimum absolute atomic E-state index is 0.172. The molecule has 9 heteroatoms. The van der Waals surface area contributed by atoms with Crippen LogP contribution in [-0.4, -0.2) is 24.1 Å². The standard InChI is InChI=1S/C12H10F2N2O4S/c1-16-6-8(5-11(16)12(17)18)21(19,20)15-7-2-3-9(13)10(14)4-7/h2-6,15H,1H3,(H,17,18). The summed E-state index contributed by atoms with van der Waals surface area (Å²) in [5.74, 6) is -3.59. The fourth-order valence-corrected chi connectivity index (χ4v) is 2.79. The number of sulfonamides is 1. The summed E-state index contributed by atoms with van der Waals surface area (Å²) in [5, 5.41) is 8.87. The number of hydrogen-bond acceptors (Lipinski definition) is 3. The van der Waals surface area contributed by atoms with Crippen molar-refractivity contribution in [2.75, 3.05) is 4.72 Å². The lowest BCUT2D eigenvalue weighted by Crippen LogP contribution is -2.12. The van der Waals surface area contributed by atoms with E-state index < -0.39 is 27.6 Å².